The summed E-state index contributed by atoms with van der Waals surface area (Å²) < 4.78 is 5.71. The lowest BCUT2D eigenvalue weighted by molar-refractivity contribution is -0.385. The number of furan rings is 1. The quantitative estimate of drug-likeness (QED) is 0.279. The number of hydrogen-bond donors (Lipinski definition) is 1. The Morgan fingerprint density at radius 2 is 1.93 bits per heavy atom. The van der Waals surface area contributed by atoms with Gasteiger partial charge in [0.05, 0.1) is 4.92 Å². The average molecular weight is 401 g/mol. The third kappa shape index (κ3) is 4.62. The maximum atomic E-state index is 12.3. The first-order valence-electron chi connectivity index (χ1n) is 9.19. The van der Waals surface area contributed by atoms with E-state index in [0.29, 0.717) is 29.2 Å². The van der Waals surface area contributed by atoms with Crippen molar-refractivity contribution in [2.24, 2.45) is 0 Å². The smallest absolute Gasteiger partial charge is 0.273 e. The first-order valence-corrected chi connectivity index (χ1v) is 9.19. The Morgan fingerprint density at radius 1 is 1.20 bits per heavy atom. The second kappa shape index (κ2) is 8.88. The molecule has 0 unspecified atom stereocenters. The molecule has 1 N–H and O–H groups in total. The van der Waals surface area contributed by atoms with Gasteiger partial charge in [0.25, 0.3) is 11.6 Å². The highest BCUT2D eigenvalue weighted by atomic mass is 16.6. The second-order valence-corrected chi connectivity index (χ2v) is 6.73. The second-order valence-electron chi connectivity index (χ2n) is 6.73. The molecule has 0 aliphatic rings. The Kier molecular flexibility index (Phi) is 6.08. The van der Waals surface area contributed by atoms with Gasteiger partial charge in [-0.25, -0.2) is 0 Å². The molecule has 3 rings (SSSR count). The van der Waals surface area contributed by atoms with Crippen molar-refractivity contribution >= 4 is 17.7 Å². The van der Waals surface area contributed by atoms with Crippen LogP contribution < -0.4 is 5.32 Å². The van der Waals surface area contributed by atoms with Crippen molar-refractivity contribution in [2.45, 2.75) is 20.4 Å². The van der Waals surface area contributed by atoms with Crippen molar-refractivity contribution in [3.63, 3.8) is 0 Å². The van der Waals surface area contributed by atoms with Gasteiger partial charge in [0, 0.05) is 29.8 Å². The van der Waals surface area contributed by atoms with Crippen molar-refractivity contribution in [3.05, 3.63) is 92.7 Å². The molecular weight excluding hydrogens is 382 g/mol. The van der Waals surface area contributed by atoms with Crippen LogP contribution >= 0.6 is 0 Å². The molecule has 0 aliphatic carbocycles. The molecule has 1 aromatic heterocycles. The summed E-state index contributed by atoms with van der Waals surface area (Å²) in [4.78, 5) is 23.2. The summed E-state index contributed by atoms with van der Waals surface area (Å²) in [6.07, 6.45) is 1.35. The van der Waals surface area contributed by atoms with E-state index in [9.17, 15) is 20.2 Å². The van der Waals surface area contributed by atoms with Crippen molar-refractivity contribution in [3.8, 4) is 17.4 Å². The highest BCUT2D eigenvalue weighted by Gasteiger charge is 2.17. The predicted octanol–water partition coefficient (Wildman–Crippen LogP) is 4.70. The summed E-state index contributed by atoms with van der Waals surface area (Å²) >= 11 is 0. The van der Waals surface area contributed by atoms with E-state index >= 15 is 0 Å². The van der Waals surface area contributed by atoms with Crippen molar-refractivity contribution in [1.82, 2.24) is 5.32 Å². The van der Waals surface area contributed by atoms with Crippen LogP contribution in [0.1, 0.15) is 22.5 Å². The average Bonchev–Trinajstić information content (AvgIpc) is 3.21. The van der Waals surface area contributed by atoms with Crippen LogP contribution in [0.15, 0.2) is 64.6 Å². The number of amides is 1. The van der Waals surface area contributed by atoms with Crippen LogP contribution in [0, 0.1) is 35.3 Å². The van der Waals surface area contributed by atoms with Gasteiger partial charge >= 0.3 is 0 Å². The summed E-state index contributed by atoms with van der Waals surface area (Å²) in [5.74, 6) is 0.202. The lowest BCUT2D eigenvalue weighted by Gasteiger charge is -2.05. The summed E-state index contributed by atoms with van der Waals surface area (Å²) in [7, 11) is 0. The highest BCUT2D eigenvalue weighted by molar-refractivity contribution is 6.01. The molecule has 0 aliphatic heterocycles. The van der Waals surface area contributed by atoms with Crippen LogP contribution in [-0.4, -0.2) is 10.8 Å². The minimum Gasteiger partial charge on any atom is -0.457 e. The maximum Gasteiger partial charge on any atom is 0.273 e. The SMILES string of the molecule is Cc1cc(-c2ccc(/C=C(/C#N)C(=O)NCc3ccccc3)o2)cc([N+](=O)[O-])c1C. The molecule has 0 saturated heterocycles. The van der Waals surface area contributed by atoms with Crippen LogP contribution in [0.2, 0.25) is 0 Å². The van der Waals surface area contributed by atoms with E-state index in [1.165, 1.54) is 12.1 Å². The molecule has 0 spiro atoms. The lowest BCUT2D eigenvalue weighted by atomic mass is 10.0. The largest absolute Gasteiger partial charge is 0.457 e. The Hall–Kier alpha value is -4.18. The van der Waals surface area contributed by atoms with Gasteiger partial charge in [0.1, 0.15) is 23.2 Å². The van der Waals surface area contributed by atoms with Crippen molar-refractivity contribution < 1.29 is 14.1 Å². The van der Waals surface area contributed by atoms with Crippen LogP contribution in [0.5, 0.6) is 0 Å². The zero-order valence-corrected chi connectivity index (χ0v) is 16.5. The van der Waals surface area contributed by atoms with E-state index in [1.807, 2.05) is 36.4 Å². The molecule has 7 heteroatoms. The molecular formula is C23H19N3O4. The van der Waals surface area contributed by atoms with Gasteiger partial charge in [-0.3, -0.25) is 14.9 Å². The molecule has 0 atom stereocenters. The van der Waals surface area contributed by atoms with E-state index in [4.69, 9.17) is 4.42 Å². The molecule has 0 fully saturated rings. The number of nitriles is 1. The van der Waals surface area contributed by atoms with E-state index < -0.39 is 10.8 Å². The Morgan fingerprint density at radius 3 is 2.60 bits per heavy atom. The number of benzene rings is 2. The zero-order chi connectivity index (χ0) is 21.7. The fraction of sp³-hybridized carbons (Fsp3) is 0.130. The summed E-state index contributed by atoms with van der Waals surface area (Å²) in [6, 6.07) is 17.7. The topological polar surface area (TPSA) is 109 Å². The van der Waals surface area contributed by atoms with Gasteiger partial charge in [-0.1, -0.05) is 30.3 Å². The molecule has 2 aromatic carbocycles. The van der Waals surface area contributed by atoms with Crippen molar-refractivity contribution in [2.75, 3.05) is 0 Å². The molecule has 7 nitrogen and oxygen atoms in total. The number of nitrogens with one attached hydrogen (secondary N) is 1. The van der Waals surface area contributed by atoms with Gasteiger partial charge < -0.3 is 9.73 Å². The van der Waals surface area contributed by atoms with Gasteiger partial charge in [0.15, 0.2) is 0 Å². The predicted molar refractivity (Wildman–Crippen MR) is 112 cm³/mol. The molecule has 30 heavy (non-hydrogen) atoms. The first kappa shape index (κ1) is 20.6. The van der Waals surface area contributed by atoms with Crippen LogP contribution in [0.4, 0.5) is 5.69 Å². The Labute approximate surface area is 173 Å². The molecule has 0 radical (unpaired) electrons. The van der Waals surface area contributed by atoms with E-state index in [0.717, 1.165) is 11.1 Å². The van der Waals surface area contributed by atoms with Gasteiger partial charge in [-0.2, -0.15) is 5.26 Å². The number of aryl methyl sites for hydroxylation is 1. The van der Waals surface area contributed by atoms with Crippen LogP contribution in [-0.2, 0) is 11.3 Å². The van der Waals surface area contributed by atoms with E-state index in [-0.39, 0.29) is 11.3 Å². The van der Waals surface area contributed by atoms with Crippen LogP contribution in [0.3, 0.4) is 0 Å². The van der Waals surface area contributed by atoms with E-state index in [2.05, 4.69) is 5.32 Å². The zero-order valence-electron chi connectivity index (χ0n) is 16.5. The molecule has 0 saturated carbocycles. The monoisotopic (exact) mass is 401 g/mol. The van der Waals surface area contributed by atoms with Crippen LogP contribution in [0.25, 0.3) is 17.4 Å². The van der Waals surface area contributed by atoms with Gasteiger partial charge in [-0.05, 0) is 43.2 Å². The van der Waals surface area contributed by atoms with E-state index in [1.54, 1.807) is 32.0 Å². The van der Waals surface area contributed by atoms with Crippen molar-refractivity contribution in [1.29, 1.82) is 5.26 Å². The summed E-state index contributed by atoms with van der Waals surface area (Å²) in [6.45, 7) is 3.79. The van der Waals surface area contributed by atoms with Gasteiger partial charge in [-0.15, -0.1) is 0 Å². The number of nitrogens with zero attached hydrogens (tertiary/aromatic N) is 2. The highest BCUT2D eigenvalue weighted by Crippen LogP contribution is 2.31. The Balaban J connectivity index is 1.81. The number of hydrogen-bond acceptors (Lipinski definition) is 5. The minimum absolute atomic E-state index is 0.0106. The number of nitro groups is 1. The van der Waals surface area contributed by atoms with Gasteiger partial charge in [0.2, 0.25) is 0 Å². The summed E-state index contributed by atoms with van der Waals surface area (Å²) in [5, 5.41) is 23.3. The molecule has 1 amide bonds. The normalized spacial score (nSPS) is 11.0. The third-order valence-electron chi connectivity index (χ3n) is 4.70. The fourth-order valence-electron chi connectivity index (χ4n) is 2.92. The lowest BCUT2D eigenvalue weighted by Crippen LogP contribution is -2.23. The molecule has 1 heterocycles. The number of nitro benzene ring substituents is 1. The molecule has 150 valence electrons. The third-order valence-corrected chi connectivity index (χ3v) is 4.70. The molecule has 0 bridgehead atoms. The molecule has 3 aromatic rings. The maximum absolute atomic E-state index is 12.3. The first-order chi connectivity index (χ1) is 14.4. The number of carbonyl (C=O) groups is 1. The number of carbonyl (C=O) groups excluding carboxylic acids is 1. The number of rotatable bonds is 6. The Bertz CT molecular complexity index is 1170. The fourth-order valence-corrected chi connectivity index (χ4v) is 2.92. The standard InChI is InChI=1S/C23H19N3O4/c1-15-10-18(12-21(16(15)2)26(28)29)22-9-8-20(30-22)11-19(13-24)23(27)25-14-17-6-4-3-5-7-17/h3-12H,14H2,1-2H3,(H,25,27)/b19-11-. The summed E-state index contributed by atoms with van der Waals surface area (Å²) in [5.41, 5.74) is 2.74. The minimum atomic E-state index is -0.513.